The van der Waals surface area contributed by atoms with E-state index >= 15 is 0 Å². The van der Waals surface area contributed by atoms with E-state index < -0.39 is 0 Å². The lowest BCUT2D eigenvalue weighted by atomic mass is 9.90. The van der Waals surface area contributed by atoms with E-state index in [1.807, 2.05) is 6.20 Å². The molecule has 7 nitrogen and oxygen atoms in total. The van der Waals surface area contributed by atoms with Gasteiger partial charge < -0.3 is 15.0 Å². The third-order valence-corrected chi connectivity index (χ3v) is 6.54. The Hall–Kier alpha value is -2.09. The Morgan fingerprint density at radius 2 is 2.14 bits per heavy atom. The first-order valence-electron chi connectivity index (χ1n) is 10.8. The van der Waals surface area contributed by atoms with Gasteiger partial charge in [-0.25, -0.2) is 9.97 Å². The minimum absolute atomic E-state index is 0.396. The minimum atomic E-state index is 0.396. The molecule has 0 spiro atoms. The average molecular weight is 395 g/mol. The predicted molar refractivity (Wildman–Crippen MR) is 112 cm³/mol. The number of rotatable bonds is 4. The van der Waals surface area contributed by atoms with E-state index in [-0.39, 0.29) is 0 Å². The molecule has 3 aliphatic rings. The lowest BCUT2D eigenvalue weighted by molar-refractivity contribution is 0.122. The molecule has 0 saturated carbocycles. The van der Waals surface area contributed by atoms with Crippen LogP contribution in [0.4, 0.5) is 5.82 Å². The highest BCUT2D eigenvalue weighted by Gasteiger charge is 2.30. The summed E-state index contributed by atoms with van der Waals surface area (Å²) in [6.07, 6.45) is 8.20. The van der Waals surface area contributed by atoms with Crippen LogP contribution in [0.5, 0.6) is 0 Å². The van der Waals surface area contributed by atoms with Gasteiger partial charge in [-0.1, -0.05) is 6.07 Å². The second-order valence-corrected chi connectivity index (χ2v) is 8.40. The maximum Gasteiger partial charge on any atom is 0.135 e. The van der Waals surface area contributed by atoms with Crippen LogP contribution >= 0.6 is 0 Å². The van der Waals surface area contributed by atoms with Crippen molar-refractivity contribution in [3.05, 3.63) is 47.2 Å². The average Bonchev–Trinajstić information content (AvgIpc) is 2.79. The second-order valence-electron chi connectivity index (χ2n) is 8.40. The number of morpholine rings is 1. The summed E-state index contributed by atoms with van der Waals surface area (Å²) in [7, 11) is 2.25. The Labute approximate surface area is 172 Å². The molecule has 1 saturated heterocycles. The lowest BCUT2D eigenvalue weighted by Crippen LogP contribution is -2.46. The van der Waals surface area contributed by atoms with Crippen LogP contribution in [-0.2, 0) is 24.1 Å². The highest BCUT2D eigenvalue weighted by Crippen LogP contribution is 2.32. The van der Waals surface area contributed by atoms with Crippen LogP contribution in [0.2, 0.25) is 0 Å². The summed E-state index contributed by atoms with van der Waals surface area (Å²) in [5.41, 5.74) is 5.15. The molecule has 1 aliphatic carbocycles. The summed E-state index contributed by atoms with van der Waals surface area (Å²) in [5.74, 6) is 1.11. The maximum absolute atomic E-state index is 5.52. The zero-order valence-corrected chi connectivity index (χ0v) is 17.2. The molecule has 4 heterocycles. The van der Waals surface area contributed by atoms with E-state index in [9.17, 15) is 0 Å². The normalized spacial score (nSPS) is 24.3. The third-order valence-electron chi connectivity index (χ3n) is 6.54. The second kappa shape index (κ2) is 8.34. The number of nitrogens with one attached hydrogen (secondary N) is 1. The van der Waals surface area contributed by atoms with Gasteiger partial charge in [-0.15, -0.1) is 0 Å². The van der Waals surface area contributed by atoms with Crippen LogP contribution in [0.15, 0.2) is 24.7 Å². The molecule has 0 unspecified atom stereocenters. The first-order valence-corrected chi connectivity index (χ1v) is 10.8. The van der Waals surface area contributed by atoms with Crippen molar-refractivity contribution in [3.8, 4) is 0 Å². The van der Waals surface area contributed by atoms with Gasteiger partial charge in [0.1, 0.15) is 12.1 Å². The molecule has 7 heteroatoms. The zero-order valence-electron chi connectivity index (χ0n) is 17.2. The largest absolute Gasteiger partial charge is 0.378 e. The molecule has 0 radical (unpaired) electrons. The summed E-state index contributed by atoms with van der Waals surface area (Å²) in [6, 6.07) is 5.11. The Morgan fingerprint density at radius 3 is 3.03 bits per heavy atom. The Balaban J connectivity index is 1.31. The van der Waals surface area contributed by atoms with Gasteiger partial charge in [0, 0.05) is 44.0 Å². The van der Waals surface area contributed by atoms with Gasteiger partial charge in [-0.05, 0) is 44.4 Å². The van der Waals surface area contributed by atoms with E-state index in [2.05, 4.69) is 44.3 Å². The highest BCUT2D eigenvalue weighted by molar-refractivity contribution is 5.50. The molecule has 154 valence electrons. The molecular formula is C22H30N6O. The quantitative estimate of drug-likeness (QED) is 0.847. The summed E-state index contributed by atoms with van der Waals surface area (Å²) >= 11 is 0. The van der Waals surface area contributed by atoms with Crippen molar-refractivity contribution in [1.29, 1.82) is 0 Å². The van der Waals surface area contributed by atoms with Crippen LogP contribution < -0.4 is 10.2 Å². The maximum atomic E-state index is 5.52. The minimum Gasteiger partial charge on any atom is -0.378 e. The predicted octanol–water partition coefficient (Wildman–Crippen LogP) is 1.73. The summed E-state index contributed by atoms with van der Waals surface area (Å²) in [5, 5.41) is 3.70. The fourth-order valence-corrected chi connectivity index (χ4v) is 5.02. The van der Waals surface area contributed by atoms with Crippen LogP contribution in [-0.4, -0.2) is 65.8 Å². The number of nitrogens with zero attached hydrogens (tertiary/aromatic N) is 5. The molecule has 29 heavy (non-hydrogen) atoms. The molecule has 0 amide bonds. The first kappa shape index (κ1) is 18.9. The lowest BCUT2D eigenvalue weighted by Gasteiger charge is -2.37. The van der Waals surface area contributed by atoms with E-state index in [0.29, 0.717) is 12.1 Å². The number of anilines is 1. The smallest absolute Gasteiger partial charge is 0.135 e. The molecule has 2 aliphatic heterocycles. The van der Waals surface area contributed by atoms with Crippen LogP contribution in [0.1, 0.15) is 41.4 Å². The van der Waals surface area contributed by atoms with Crippen molar-refractivity contribution in [3.63, 3.8) is 0 Å². The van der Waals surface area contributed by atoms with Crippen molar-refractivity contribution in [2.75, 3.05) is 44.8 Å². The van der Waals surface area contributed by atoms with Gasteiger partial charge in [0.05, 0.1) is 30.6 Å². The molecule has 1 fully saturated rings. The number of likely N-dealkylation sites (N-methyl/N-ethyl adjacent to an activating group) is 1. The van der Waals surface area contributed by atoms with Crippen molar-refractivity contribution < 1.29 is 4.74 Å². The van der Waals surface area contributed by atoms with Crippen molar-refractivity contribution in [1.82, 2.24) is 25.2 Å². The van der Waals surface area contributed by atoms with Gasteiger partial charge in [-0.2, -0.15) is 0 Å². The van der Waals surface area contributed by atoms with Gasteiger partial charge in [-0.3, -0.25) is 9.88 Å². The van der Waals surface area contributed by atoms with Crippen molar-refractivity contribution in [2.45, 2.75) is 44.3 Å². The Morgan fingerprint density at radius 1 is 1.24 bits per heavy atom. The number of fused-ring (bicyclic) bond motifs is 2. The number of hydrogen-bond donors (Lipinski definition) is 1. The first-order chi connectivity index (χ1) is 14.3. The van der Waals surface area contributed by atoms with Gasteiger partial charge in [0.25, 0.3) is 0 Å². The molecule has 0 bridgehead atoms. The number of hydrogen-bond acceptors (Lipinski definition) is 7. The molecular weight excluding hydrogens is 364 g/mol. The Bertz CT molecular complexity index is 853. The van der Waals surface area contributed by atoms with E-state index in [1.54, 1.807) is 6.33 Å². The highest BCUT2D eigenvalue weighted by atomic mass is 16.5. The third kappa shape index (κ3) is 3.86. The number of pyridine rings is 1. The van der Waals surface area contributed by atoms with E-state index in [4.69, 9.17) is 9.72 Å². The van der Waals surface area contributed by atoms with Crippen molar-refractivity contribution in [2.24, 2.45) is 0 Å². The van der Waals surface area contributed by atoms with Gasteiger partial charge in [0.15, 0.2) is 0 Å². The van der Waals surface area contributed by atoms with Crippen molar-refractivity contribution >= 4 is 5.82 Å². The number of aryl methyl sites for hydroxylation is 1. The monoisotopic (exact) mass is 394 g/mol. The molecule has 2 aromatic rings. The fraction of sp³-hybridized carbons (Fsp3) is 0.591. The number of ether oxygens (including phenoxy) is 1. The molecule has 2 atom stereocenters. The molecule has 2 aromatic heterocycles. The van der Waals surface area contributed by atoms with E-state index in [1.165, 1.54) is 29.7 Å². The number of aromatic nitrogens is 3. The van der Waals surface area contributed by atoms with Crippen LogP contribution in [0.3, 0.4) is 0 Å². The van der Waals surface area contributed by atoms with Gasteiger partial charge >= 0.3 is 0 Å². The zero-order chi connectivity index (χ0) is 19.6. The standard InChI is InChI=1S/C22H30N6O/c1-27(20-6-2-4-16-5-3-7-23-21(16)20)14-17-12-18-19(13-24-17)25-15-26-22(18)28-8-10-29-11-9-28/h3,5,7,15,17,20,24H,2,4,6,8-14H2,1H3/t17-,20+/m1/s1. The molecule has 1 N–H and O–H groups in total. The van der Waals surface area contributed by atoms with Gasteiger partial charge in [0.2, 0.25) is 0 Å². The Kier molecular flexibility index (Phi) is 5.44. The summed E-state index contributed by atoms with van der Waals surface area (Å²) in [4.78, 5) is 18.8. The van der Waals surface area contributed by atoms with Crippen LogP contribution in [0, 0.1) is 0 Å². The topological polar surface area (TPSA) is 66.4 Å². The SMILES string of the molecule is CN(C[C@H]1Cc2c(ncnc2N2CCOCC2)CN1)[C@H]1CCCc2cccnc21. The summed E-state index contributed by atoms with van der Waals surface area (Å²) in [6.45, 7) is 5.18. The van der Waals surface area contributed by atoms with Crippen LogP contribution in [0.25, 0.3) is 0 Å². The van der Waals surface area contributed by atoms with E-state index in [0.717, 1.165) is 63.7 Å². The summed E-state index contributed by atoms with van der Waals surface area (Å²) < 4.78 is 5.52. The fourth-order valence-electron chi connectivity index (χ4n) is 5.02. The molecule has 5 rings (SSSR count). The molecule has 0 aromatic carbocycles.